The van der Waals surface area contributed by atoms with E-state index >= 15 is 0 Å². The van der Waals surface area contributed by atoms with Crippen molar-refractivity contribution in [2.75, 3.05) is 21.3 Å². The van der Waals surface area contributed by atoms with E-state index in [4.69, 9.17) is 14.2 Å². The summed E-state index contributed by atoms with van der Waals surface area (Å²) in [5.74, 6) is 0.382. The molecule has 0 radical (unpaired) electrons. The monoisotopic (exact) mass is 485 g/mol. The third-order valence-electron chi connectivity index (χ3n) is 6.16. The van der Waals surface area contributed by atoms with Crippen LogP contribution in [0.3, 0.4) is 0 Å². The van der Waals surface area contributed by atoms with Crippen LogP contribution in [0.1, 0.15) is 30.4 Å². The lowest BCUT2D eigenvalue weighted by atomic mass is 9.72. The summed E-state index contributed by atoms with van der Waals surface area (Å²) < 4.78 is 17.6. The highest BCUT2D eigenvalue weighted by Crippen LogP contribution is 2.50. The Morgan fingerprint density at radius 1 is 1.19 bits per heavy atom. The normalized spacial score (nSPS) is 24.5. The van der Waals surface area contributed by atoms with Gasteiger partial charge in [-0.25, -0.2) is 0 Å². The third-order valence-corrected chi connectivity index (χ3v) is 6.66. The number of ketones is 1. The number of hydrogen-bond acceptors (Lipinski definition) is 5. The molecule has 2 aliphatic rings. The Morgan fingerprint density at radius 3 is 2.65 bits per heavy atom. The maximum Gasteiger partial charge on any atom is 0.236 e. The maximum absolute atomic E-state index is 13.3. The third kappa shape index (κ3) is 3.71. The van der Waals surface area contributed by atoms with Gasteiger partial charge in [-0.3, -0.25) is 9.59 Å². The van der Waals surface area contributed by atoms with Crippen molar-refractivity contribution in [3.63, 3.8) is 0 Å². The summed E-state index contributed by atoms with van der Waals surface area (Å²) in [5, 5.41) is 0. The zero-order chi connectivity index (χ0) is 22.3. The van der Waals surface area contributed by atoms with Crippen LogP contribution in [0.5, 0.6) is 17.2 Å². The average molecular weight is 486 g/mol. The summed E-state index contributed by atoms with van der Waals surface area (Å²) in [6.07, 6.45) is 3.74. The van der Waals surface area contributed by atoms with Crippen molar-refractivity contribution >= 4 is 33.7 Å². The number of carbonyl (C=O) groups excluding carboxylic acids is 2. The molecular weight excluding hydrogens is 462 g/mol. The molecule has 2 aliphatic heterocycles. The zero-order valence-corrected chi connectivity index (χ0v) is 19.4. The highest BCUT2D eigenvalue weighted by molar-refractivity contribution is 9.10. The van der Waals surface area contributed by atoms with E-state index < -0.39 is 11.6 Å². The second-order valence-corrected chi connectivity index (χ2v) is 8.91. The quantitative estimate of drug-likeness (QED) is 0.463. The molecule has 3 unspecified atom stereocenters. The lowest BCUT2D eigenvalue weighted by molar-refractivity contribution is -0.170. The van der Waals surface area contributed by atoms with E-state index in [1.807, 2.05) is 31.2 Å². The van der Waals surface area contributed by atoms with Crippen molar-refractivity contribution < 1.29 is 23.8 Å². The summed E-state index contributed by atoms with van der Waals surface area (Å²) >= 11 is 3.49. The van der Waals surface area contributed by atoms with Gasteiger partial charge in [0, 0.05) is 23.9 Å². The molecule has 2 aromatic rings. The van der Waals surface area contributed by atoms with Crippen molar-refractivity contribution in [3.05, 3.63) is 58.1 Å². The molecule has 3 atom stereocenters. The fraction of sp³-hybridized carbons (Fsp3) is 0.333. The van der Waals surface area contributed by atoms with E-state index in [0.29, 0.717) is 23.7 Å². The van der Waals surface area contributed by atoms with Gasteiger partial charge in [-0.2, -0.15) is 0 Å². The predicted molar refractivity (Wildman–Crippen MR) is 120 cm³/mol. The molecule has 1 saturated heterocycles. The van der Waals surface area contributed by atoms with Crippen LogP contribution in [-0.4, -0.2) is 43.6 Å². The van der Waals surface area contributed by atoms with Crippen LogP contribution in [0.4, 0.5) is 0 Å². The number of allylic oxidation sites excluding steroid dienone is 1. The summed E-state index contributed by atoms with van der Waals surface area (Å²) in [6.45, 7) is 1.89. The molecular formula is C24H24BrNO5. The fourth-order valence-corrected chi connectivity index (χ4v) is 4.75. The van der Waals surface area contributed by atoms with Gasteiger partial charge in [0.1, 0.15) is 11.7 Å². The first kappa shape index (κ1) is 21.4. The van der Waals surface area contributed by atoms with Gasteiger partial charge in [0.2, 0.25) is 5.91 Å². The van der Waals surface area contributed by atoms with Crippen molar-refractivity contribution in [3.8, 4) is 17.2 Å². The SMILES string of the molecule is COc1ccc(C=CC(=O)C2C(=O)N(C)C3(C)CC2c2cc(Br)ccc2O3)cc1OC. The summed E-state index contributed by atoms with van der Waals surface area (Å²) in [6, 6.07) is 11.1. The number of benzene rings is 2. The molecule has 0 N–H and O–H groups in total. The Kier molecular flexibility index (Phi) is 5.56. The zero-order valence-electron chi connectivity index (χ0n) is 17.8. The highest BCUT2D eigenvalue weighted by Gasteiger charge is 2.54. The number of carbonyl (C=O) groups is 2. The molecule has 31 heavy (non-hydrogen) atoms. The molecule has 7 heteroatoms. The molecule has 2 heterocycles. The number of likely N-dealkylation sites (tertiary alicyclic amines) is 1. The number of amides is 1. The van der Waals surface area contributed by atoms with Crippen LogP contribution < -0.4 is 14.2 Å². The van der Waals surface area contributed by atoms with Gasteiger partial charge in [-0.15, -0.1) is 0 Å². The molecule has 2 aromatic carbocycles. The molecule has 2 bridgehead atoms. The van der Waals surface area contributed by atoms with Crippen LogP contribution in [0.2, 0.25) is 0 Å². The fourth-order valence-electron chi connectivity index (χ4n) is 4.37. The van der Waals surface area contributed by atoms with Crippen molar-refractivity contribution in [1.29, 1.82) is 0 Å². The van der Waals surface area contributed by atoms with E-state index in [2.05, 4.69) is 15.9 Å². The van der Waals surface area contributed by atoms with Gasteiger partial charge in [0.15, 0.2) is 23.0 Å². The highest BCUT2D eigenvalue weighted by atomic mass is 79.9. The Morgan fingerprint density at radius 2 is 1.94 bits per heavy atom. The number of methoxy groups -OCH3 is 2. The van der Waals surface area contributed by atoms with E-state index in [1.165, 1.54) is 6.08 Å². The summed E-state index contributed by atoms with van der Waals surface area (Å²) in [5.41, 5.74) is 0.889. The molecule has 0 spiro atoms. The van der Waals surface area contributed by atoms with E-state index in [9.17, 15) is 9.59 Å². The number of piperidine rings is 1. The number of halogens is 1. The first-order valence-corrected chi connectivity index (χ1v) is 10.8. The first-order valence-electron chi connectivity index (χ1n) is 9.97. The van der Waals surface area contributed by atoms with Gasteiger partial charge < -0.3 is 19.1 Å². The Balaban J connectivity index is 1.67. The summed E-state index contributed by atoms with van der Waals surface area (Å²) in [7, 11) is 4.82. The second kappa shape index (κ2) is 8.04. The second-order valence-electron chi connectivity index (χ2n) is 7.99. The van der Waals surface area contributed by atoms with Crippen molar-refractivity contribution in [2.45, 2.75) is 25.0 Å². The topological polar surface area (TPSA) is 65.1 Å². The number of ether oxygens (including phenoxy) is 3. The summed E-state index contributed by atoms with van der Waals surface area (Å²) in [4.78, 5) is 28.0. The predicted octanol–water partition coefficient (Wildman–Crippen LogP) is 4.42. The Bertz CT molecular complexity index is 1080. The smallest absolute Gasteiger partial charge is 0.236 e. The lowest BCUT2D eigenvalue weighted by Crippen LogP contribution is -2.62. The molecule has 1 amide bonds. The minimum absolute atomic E-state index is 0.230. The van der Waals surface area contributed by atoms with Crippen molar-refractivity contribution in [1.82, 2.24) is 4.90 Å². The molecule has 0 saturated carbocycles. The standard InChI is InChI=1S/C24H24BrNO5/c1-24-13-17(16-12-15(25)7-10-19(16)31-24)22(23(28)26(24)2)18(27)8-5-14-6-9-20(29-3)21(11-14)30-4/h5-12,17,22H,13H2,1-4H3. The van der Waals surface area contributed by atoms with E-state index in [-0.39, 0.29) is 17.6 Å². The lowest BCUT2D eigenvalue weighted by Gasteiger charge is -2.51. The van der Waals surface area contributed by atoms with Gasteiger partial charge in [0.25, 0.3) is 0 Å². The maximum atomic E-state index is 13.3. The van der Waals surface area contributed by atoms with Crippen LogP contribution in [0.25, 0.3) is 6.08 Å². The van der Waals surface area contributed by atoms with Crippen LogP contribution in [-0.2, 0) is 9.59 Å². The number of nitrogens with zero attached hydrogens (tertiary/aromatic N) is 1. The van der Waals surface area contributed by atoms with Gasteiger partial charge in [0.05, 0.1) is 14.2 Å². The Hall–Kier alpha value is -2.80. The Labute approximate surface area is 189 Å². The molecule has 4 rings (SSSR count). The molecule has 1 fully saturated rings. The van der Waals surface area contributed by atoms with Crippen molar-refractivity contribution in [2.24, 2.45) is 5.92 Å². The molecule has 6 nitrogen and oxygen atoms in total. The average Bonchev–Trinajstić information content (AvgIpc) is 2.76. The minimum atomic E-state index is -0.800. The van der Waals surface area contributed by atoms with Crippen LogP contribution in [0, 0.1) is 5.92 Å². The van der Waals surface area contributed by atoms with Crippen LogP contribution in [0.15, 0.2) is 46.9 Å². The van der Waals surface area contributed by atoms with E-state index in [1.54, 1.807) is 44.4 Å². The number of rotatable bonds is 5. The van der Waals surface area contributed by atoms with Gasteiger partial charge in [-0.05, 0) is 54.5 Å². The first-order chi connectivity index (χ1) is 14.8. The van der Waals surface area contributed by atoms with E-state index in [0.717, 1.165) is 15.6 Å². The van der Waals surface area contributed by atoms with Crippen LogP contribution >= 0.6 is 15.9 Å². The molecule has 0 aliphatic carbocycles. The largest absolute Gasteiger partial charge is 0.493 e. The molecule has 0 aromatic heterocycles. The van der Waals surface area contributed by atoms with Gasteiger partial charge >= 0.3 is 0 Å². The number of fused-ring (bicyclic) bond motifs is 4. The molecule has 162 valence electrons. The number of hydrogen-bond donors (Lipinski definition) is 0. The van der Waals surface area contributed by atoms with Gasteiger partial charge in [-0.1, -0.05) is 28.1 Å². The minimum Gasteiger partial charge on any atom is -0.493 e.